The first kappa shape index (κ1) is 11.4. The number of hydrogen-bond acceptors (Lipinski definition) is 3. The van der Waals surface area contributed by atoms with Gasteiger partial charge in [0.15, 0.2) is 6.61 Å². The molecular formula is C12H13NO4. The van der Waals surface area contributed by atoms with Crippen molar-refractivity contribution in [2.45, 2.75) is 0 Å². The van der Waals surface area contributed by atoms with Crippen LogP contribution in [0.15, 0.2) is 30.3 Å². The predicted octanol–water partition coefficient (Wildman–Crippen LogP) is 0.608. The zero-order chi connectivity index (χ0) is 12.3. The summed E-state index contributed by atoms with van der Waals surface area (Å²) in [4.78, 5) is 23.6. The Morgan fingerprint density at radius 1 is 1.29 bits per heavy atom. The Kier molecular flexibility index (Phi) is 3.27. The number of para-hydroxylation sites is 1. The van der Waals surface area contributed by atoms with Crippen LogP contribution in [-0.2, 0) is 9.59 Å². The molecule has 2 rings (SSSR count). The number of likely N-dealkylation sites (tertiary alicyclic amines) is 1. The van der Waals surface area contributed by atoms with Gasteiger partial charge in [-0.15, -0.1) is 0 Å². The fourth-order valence-corrected chi connectivity index (χ4v) is 1.59. The lowest BCUT2D eigenvalue weighted by Crippen LogP contribution is -2.54. The Balaban J connectivity index is 1.74. The summed E-state index contributed by atoms with van der Waals surface area (Å²) in [6.45, 7) is 0.523. The van der Waals surface area contributed by atoms with Gasteiger partial charge in [0.1, 0.15) is 5.75 Å². The molecule has 1 aromatic carbocycles. The van der Waals surface area contributed by atoms with E-state index in [2.05, 4.69) is 0 Å². The number of carbonyl (C=O) groups is 2. The molecule has 0 aromatic heterocycles. The number of aliphatic carboxylic acids is 1. The van der Waals surface area contributed by atoms with Crippen LogP contribution in [0.25, 0.3) is 0 Å². The van der Waals surface area contributed by atoms with Crippen LogP contribution in [0.5, 0.6) is 5.75 Å². The molecule has 17 heavy (non-hydrogen) atoms. The molecule has 0 unspecified atom stereocenters. The second-order valence-electron chi connectivity index (χ2n) is 3.94. The summed E-state index contributed by atoms with van der Waals surface area (Å²) in [5.74, 6) is -0.809. The molecule has 1 aliphatic rings. The highest BCUT2D eigenvalue weighted by Gasteiger charge is 2.35. The lowest BCUT2D eigenvalue weighted by atomic mass is 10.0. The van der Waals surface area contributed by atoms with Gasteiger partial charge in [0.25, 0.3) is 5.91 Å². The SMILES string of the molecule is O=C(O)C1CN(C(=O)COc2ccccc2)C1. The smallest absolute Gasteiger partial charge is 0.310 e. The average molecular weight is 235 g/mol. The maximum Gasteiger partial charge on any atom is 0.310 e. The van der Waals surface area contributed by atoms with E-state index in [0.29, 0.717) is 5.75 Å². The summed E-state index contributed by atoms with van der Waals surface area (Å²) in [5, 5.41) is 8.67. The summed E-state index contributed by atoms with van der Waals surface area (Å²) in [6, 6.07) is 9.04. The van der Waals surface area contributed by atoms with Crippen molar-refractivity contribution in [2.75, 3.05) is 19.7 Å². The number of hydrogen-bond donors (Lipinski definition) is 1. The highest BCUT2D eigenvalue weighted by Crippen LogP contribution is 2.16. The van der Waals surface area contributed by atoms with Crippen molar-refractivity contribution in [3.63, 3.8) is 0 Å². The summed E-state index contributed by atoms with van der Waals surface area (Å²) in [6.07, 6.45) is 0. The third kappa shape index (κ3) is 2.75. The Morgan fingerprint density at radius 2 is 1.94 bits per heavy atom. The minimum atomic E-state index is -0.849. The molecule has 1 aliphatic heterocycles. The van der Waals surface area contributed by atoms with Gasteiger partial charge in [-0.3, -0.25) is 9.59 Å². The van der Waals surface area contributed by atoms with E-state index >= 15 is 0 Å². The molecule has 5 heteroatoms. The van der Waals surface area contributed by atoms with Gasteiger partial charge in [0.2, 0.25) is 0 Å². The lowest BCUT2D eigenvalue weighted by Gasteiger charge is -2.36. The molecule has 0 radical (unpaired) electrons. The van der Waals surface area contributed by atoms with Gasteiger partial charge in [0.05, 0.1) is 5.92 Å². The normalized spacial score (nSPS) is 15.2. The zero-order valence-electron chi connectivity index (χ0n) is 9.20. The number of carbonyl (C=O) groups excluding carboxylic acids is 1. The highest BCUT2D eigenvalue weighted by atomic mass is 16.5. The Labute approximate surface area is 98.6 Å². The van der Waals surface area contributed by atoms with E-state index in [9.17, 15) is 9.59 Å². The number of carboxylic acids is 1. The molecular weight excluding hydrogens is 222 g/mol. The summed E-state index contributed by atoms with van der Waals surface area (Å²) >= 11 is 0. The van der Waals surface area contributed by atoms with Gasteiger partial charge in [-0.1, -0.05) is 18.2 Å². The quantitative estimate of drug-likeness (QED) is 0.830. The third-order valence-electron chi connectivity index (χ3n) is 2.69. The molecule has 0 spiro atoms. The van der Waals surface area contributed by atoms with Crippen LogP contribution < -0.4 is 4.74 Å². The van der Waals surface area contributed by atoms with E-state index < -0.39 is 11.9 Å². The number of ether oxygens (including phenoxy) is 1. The second kappa shape index (κ2) is 4.86. The molecule has 1 aromatic rings. The van der Waals surface area contributed by atoms with Gasteiger partial charge in [-0.2, -0.15) is 0 Å². The van der Waals surface area contributed by atoms with E-state index in [4.69, 9.17) is 9.84 Å². The second-order valence-corrected chi connectivity index (χ2v) is 3.94. The average Bonchev–Trinajstić information content (AvgIpc) is 2.25. The van der Waals surface area contributed by atoms with E-state index in [1.165, 1.54) is 4.90 Å². The number of benzene rings is 1. The van der Waals surface area contributed by atoms with Crippen LogP contribution in [0.1, 0.15) is 0 Å². The third-order valence-corrected chi connectivity index (χ3v) is 2.69. The number of nitrogens with zero attached hydrogens (tertiary/aromatic N) is 1. The molecule has 0 atom stereocenters. The van der Waals surface area contributed by atoms with Gasteiger partial charge in [-0.05, 0) is 12.1 Å². The van der Waals surface area contributed by atoms with Gasteiger partial charge in [-0.25, -0.2) is 0 Å². The maximum atomic E-state index is 11.6. The van der Waals surface area contributed by atoms with Crippen LogP contribution >= 0.6 is 0 Å². The fraction of sp³-hybridized carbons (Fsp3) is 0.333. The maximum absolute atomic E-state index is 11.6. The Hall–Kier alpha value is -2.04. The number of rotatable bonds is 4. The Bertz CT molecular complexity index is 412. The van der Waals surface area contributed by atoms with Crippen LogP contribution in [0.4, 0.5) is 0 Å². The van der Waals surface area contributed by atoms with Crippen molar-refractivity contribution in [3.8, 4) is 5.75 Å². The largest absolute Gasteiger partial charge is 0.484 e. The van der Waals surface area contributed by atoms with Crippen molar-refractivity contribution in [1.82, 2.24) is 4.90 Å². The van der Waals surface area contributed by atoms with Crippen molar-refractivity contribution in [1.29, 1.82) is 0 Å². The minimum absolute atomic E-state index is 0.0453. The highest BCUT2D eigenvalue weighted by molar-refractivity contribution is 5.82. The van der Waals surface area contributed by atoms with Crippen LogP contribution in [0.3, 0.4) is 0 Å². The molecule has 5 nitrogen and oxygen atoms in total. The predicted molar refractivity (Wildman–Crippen MR) is 59.6 cm³/mol. The van der Waals surface area contributed by atoms with E-state index in [1.54, 1.807) is 12.1 Å². The van der Waals surface area contributed by atoms with Crippen LogP contribution in [-0.4, -0.2) is 41.6 Å². The van der Waals surface area contributed by atoms with Crippen molar-refractivity contribution >= 4 is 11.9 Å². The molecule has 1 saturated heterocycles. The van der Waals surface area contributed by atoms with Gasteiger partial charge < -0.3 is 14.7 Å². The lowest BCUT2D eigenvalue weighted by molar-refractivity contribution is -0.153. The first-order valence-corrected chi connectivity index (χ1v) is 5.35. The van der Waals surface area contributed by atoms with E-state index in [0.717, 1.165) is 0 Å². The molecule has 90 valence electrons. The van der Waals surface area contributed by atoms with E-state index in [1.807, 2.05) is 18.2 Å². The topological polar surface area (TPSA) is 66.8 Å². The molecule has 1 amide bonds. The Morgan fingerprint density at radius 3 is 2.53 bits per heavy atom. The van der Waals surface area contributed by atoms with Gasteiger partial charge in [0, 0.05) is 13.1 Å². The number of amides is 1. The first-order valence-electron chi connectivity index (χ1n) is 5.35. The minimum Gasteiger partial charge on any atom is -0.484 e. The monoisotopic (exact) mass is 235 g/mol. The molecule has 0 saturated carbocycles. The summed E-state index contributed by atoms with van der Waals surface area (Å²) < 4.78 is 5.28. The molecule has 1 heterocycles. The zero-order valence-corrected chi connectivity index (χ0v) is 9.20. The molecule has 0 aliphatic carbocycles. The van der Waals surface area contributed by atoms with Gasteiger partial charge >= 0.3 is 5.97 Å². The van der Waals surface area contributed by atoms with Crippen molar-refractivity contribution in [3.05, 3.63) is 30.3 Å². The summed E-state index contributed by atoms with van der Waals surface area (Å²) in [7, 11) is 0. The molecule has 1 fully saturated rings. The standard InChI is InChI=1S/C12H13NO4/c14-11(13-6-9(7-13)12(15)16)8-17-10-4-2-1-3-5-10/h1-5,9H,6-8H2,(H,15,16). The summed E-state index contributed by atoms with van der Waals surface area (Å²) in [5.41, 5.74) is 0. The van der Waals surface area contributed by atoms with Crippen molar-refractivity contribution in [2.24, 2.45) is 5.92 Å². The molecule has 0 bridgehead atoms. The van der Waals surface area contributed by atoms with Crippen LogP contribution in [0, 0.1) is 5.92 Å². The fourth-order valence-electron chi connectivity index (χ4n) is 1.59. The number of carboxylic acid groups (broad SMARTS) is 1. The van der Waals surface area contributed by atoms with E-state index in [-0.39, 0.29) is 25.6 Å². The first-order chi connectivity index (χ1) is 8.16. The molecule has 1 N–H and O–H groups in total. The van der Waals surface area contributed by atoms with Crippen molar-refractivity contribution < 1.29 is 19.4 Å². The van der Waals surface area contributed by atoms with Crippen LogP contribution in [0.2, 0.25) is 0 Å².